The number of esters is 1. The van der Waals surface area contributed by atoms with E-state index in [-0.39, 0.29) is 0 Å². The highest BCUT2D eigenvalue weighted by molar-refractivity contribution is 7.16. The highest BCUT2D eigenvalue weighted by Gasteiger charge is 2.20. The van der Waals surface area contributed by atoms with Gasteiger partial charge in [0.05, 0.1) is 19.9 Å². The lowest BCUT2D eigenvalue weighted by Gasteiger charge is -2.12. The number of nitrogens with zero attached hydrogens (tertiary/aromatic N) is 2. The van der Waals surface area contributed by atoms with E-state index in [1.807, 2.05) is 45.9 Å². The second-order valence-electron chi connectivity index (χ2n) is 9.14. The molecule has 0 aliphatic carbocycles. The van der Waals surface area contributed by atoms with E-state index in [0.717, 1.165) is 45.7 Å². The van der Waals surface area contributed by atoms with Crippen molar-refractivity contribution in [2.24, 2.45) is 5.92 Å². The maximum Gasteiger partial charge on any atom is 0.341 e. The lowest BCUT2D eigenvalue weighted by atomic mass is 10.0. The van der Waals surface area contributed by atoms with Gasteiger partial charge in [0.1, 0.15) is 17.1 Å². The summed E-state index contributed by atoms with van der Waals surface area (Å²) >= 11 is 1.58. The lowest BCUT2D eigenvalue weighted by Crippen LogP contribution is -2.08. The van der Waals surface area contributed by atoms with E-state index in [4.69, 9.17) is 14.5 Å². The standard InChI is InChI=1S/C29H35N3O3S/c1-9-10-11-18(4)22-15-23(28(33)35-8)27(30-16-22)32-29-31-25(24(36-29)12-17(2)3)21-13-19(5)26(34-7)20(6)14-21/h9-11,13-17H,12H2,1-8H3,(H,30,31,32)/b10-9-,18-11+. The van der Waals surface area contributed by atoms with Crippen molar-refractivity contribution < 1.29 is 14.3 Å². The number of hydrogen-bond acceptors (Lipinski definition) is 7. The van der Waals surface area contributed by atoms with Crippen molar-refractivity contribution in [2.75, 3.05) is 19.5 Å². The third kappa shape index (κ3) is 6.21. The molecule has 0 unspecified atom stereocenters. The molecule has 3 aromatic rings. The molecule has 1 aromatic carbocycles. The molecular weight excluding hydrogens is 470 g/mol. The number of methoxy groups -OCH3 is 2. The number of aromatic nitrogens is 2. The van der Waals surface area contributed by atoms with Gasteiger partial charge in [0.2, 0.25) is 0 Å². The van der Waals surface area contributed by atoms with Crippen LogP contribution in [0, 0.1) is 19.8 Å². The first-order valence-corrected chi connectivity index (χ1v) is 12.8. The molecule has 6 nitrogen and oxygen atoms in total. The molecule has 0 bridgehead atoms. The van der Waals surface area contributed by atoms with Crippen LogP contribution in [0.5, 0.6) is 5.75 Å². The third-order valence-electron chi connectivity index (χ3n) is 5.74. The molecule has 190 valence electrons. The fraction of sp³-hybridized carbons (Fsp3) is 0.345. The number of ether oxygens (including phenoxy) is 2. The van der Waals surface area contributed by atoms with Gasteiger partial charge >= 0.3 is 5.97 Å². The molecular formula is C29H35N3O3S. The third-order valence-corrected chi connectivity index (χ3v) is 6.73. The Bertz CT molecular complexity index is 1280. The van der Waals surface area contributed by atoms with Crippen LogP contribution < -0.4 is 10.1 Å². The van der Waals surface area contributed by atoms with Crippen LogP contribution in [-0.4, -0.2) is 30.2 Å². The molecule has 0 atom stereocenters. The van der Waals surface area contributed by atoms with Crippen LogP contribution in [0.4, 0.5) is 10.9 Å². The minimum atomic E-state index is -0.453. The van der Waals surface area contributed by atoms with E-state index in [0.29, 0.717) is 22.4 Å². The van der Waals surface area contributed by atoms with Crippen molar-refractivity contribution in [3.8, 4) is 17.0 Å². The summed E-state index contributed by atoms with van der Waals surface area (Å²) in [5, 5.41) is 3.97. The Morgan fingerprint density at radius 2 is 1.86 bits per heavy atom. The van der Waals surface area contributed by atoms with Gasteiger partial charge in [0.15, 0.2) is 5.13 Å². The predicted molar refractivity (Wildman–Crippen MR) is 149 cm³/mol. The van der Waals surface area contributed by atoms with Gasteiger partial charge in [-0.05, 0) is 80.5 Å². The quantitative estimate of drug-likeness (QED) is 0.239. The molecule has 0 aliphatic rings. The minimum Gasteiger partial charge on any atom is -0.496 e. The number of pyridine rings is 1. The van der Waals surface area contributed by atoms with E-state index in [9.17, 15) is 4.79 Å². The Kier molecular flexibility index (Phi) is 9.04. The van der Waals surface area contributed by atoms with Gasteiger partial charge in [-0.25, -0.2) is 14.8 Å². The summed E-state index contributed by atoms with van der Waals surface area (Å²) in [7, 11) is 3.07. The highest BCUT2D eigenvalue weighted by Crippen LogP contribution is 2.37. The number of hydrogen-bond donors (Lipinski definition) is 1. The van der Waals surface area contributed by atoms with E-state index in [1.54, 1.807) is 30.7 Å². The van der Waals surface area contributed by atoms with Crippen molar-refractivity contribution in [1.82, 2.24) is 9.97 Å². The Hall–Kier alpha value is -3.45. The lowest BCUT2D eigenvalue weighted by molar-refractivity contribution is 0.0601. The van der Waals surface area contributed by atoms with Crippen molar-refractivity contribution >= 4 is 33.8 Å². The first-order chi connectivity index (χ1) is 17.2. The number of thiazole rings is 1. The van der Waals surface area contributed by atoms with Crippen molar-refractivity contribution in [3.05, 3.63) is 69.8 Å². The molecule has 2 heterocycles. The second kappa shape index (κ2) is 12.0. The first-order valence-electron chi connectivity index (χ1n) is 12.0. The molecule has 1 N–H and O–H groups in total. The zero-order valence-electron chi connectivity index (χ0n) is 22.4. The van der Waals surface area contributed by atoms with Crippen LogP contribution in [0.3, 0.4) is 0 Å². The van der Waals surface area contributed by atoms with E-state index in [2.05, 4.69) is 36.3 Å². The van der Waals surface area contributed by atoms with Crippen LogP contribution in [0.25, 0.3) is 16.8 Å². The summed E-state index contributed by atoms with van der Waals surface area (Å²) in [6, 6.07) is 6.03. The molecule has 0 fully saturated rings. The van der Waals surface area contributed by atoms with E-state index < -0.39 is 5.97 Å². The number of carbonyl (C=O) groups is 1. The Labute approximate surface area is 218 Å². The average Bonchev–Trinajstić information content (AvgIpc) is 3.23. The summed E-state index contributed by atoms with van der Waals surface area (Å²) < 4.78 is 10.6. The molecule has 0 spiro atoms. The number of aryl methyl sites for hydroxylation is 2. The fourth-order valence-electron chi connectivity index (χ4n) is 4.03. The summed E-state index contributed by atoms with van der Waals surface area (Å²) in [6.45, 7) is 12.4. The van der Waals surface area contributed by atoms with Crippen LogP contribution >= 0.6 is 11.3 Å². The molecule has 0 aliphatic heterocycles. The van der Waals surface area contributed by atoms with Gasteiger partial charge in [-0.3, -0.25) is 0 Å². The monoisotopic (exact) mass is 505 g/mol. The molecule has 3 rings (SSSR count). The number of allylic oxidation sites excluding steroid dienone is 4. The van der Waals surface area contributed by atoms with Gasteiger partial charge < -0.3 is 14.8 Å². The number of rotatable bonds is 9. The number of anilines is 2. The molecule has 0 amide bonds. The summed E-state index contributed by atoms with van der Waals surface area (Å²) in [5.74, 6) is 1.32. The molecule has 36 heavy (non-hydrogen) atoms. The van der Waals surface area contributed by atoms with Crippen LogP contribution in [0.2, 0.25) is 0 Å². The molecule has 0 saturated carbocycles. The summed E-state index contributed by atoms with van der Waals surface area (Å²) in [6.07, 6.45) is 8.53. The molecule has 0 saturated heterocycles. The maximum absolute atomic E-state index is 12.6. The maximum atomic E-state index is 12.6. The van der Waals surface area contributed by atoms with Crippen molar-refractivity contribution in [2.45, 2.75) is 48.0 Å². The number of carbonyl (C=O) groups excluding carboxylic acids is 1. The zero-order valence-corrected chi connectivity index (χ0v) is 23.2. The Balaban J connectivity index is 2.06. The van der Waals surface area contributed by atoms with Gasteiger partial charge in [0, 0.05) is 16.6 Å². The normalized spacial score (nSPS) is 11.9. The molecule has 7 heteroatoms. The van der Waals surface area contributed by atoms with Crippen LogP contribution in [0.1, 0.15) is 59.6 Å². The SMILES string of the molecule is C/C=C\C=C(/C)c1cnc(Nc2nc(-c3cc(C)c(OC)c(C)c3)c(CC(C)C)s2)c(C(=O)OC)c1. The van der Waals surface area contributed by atoms with Gasteiger partial charge in [-0.15, -0.1) is 11.3 Å². The predicted octanol–water partition coefficient (Wildman–Crippen LogP) is 7.54. The summed E-state index contributed by atoms with van der Waals surface area (Å²) in [4.78, 5) is 23.3. The fourth-order valence-corrected chi connectivity index (χ4v) is 5.23. The zero-order chi connectivity index (χ0) is 26.4. The highest BCUT2D eigenvalue weighted by atomic mass is 32.1. The van der Waals surface area contributed by atoms with Crippen molar-refractivity contribution in [3.63, 3.8) is 0 Å². The van der Waals surface area contributed by atoms with Gasteiger partial charge in [-0.2, -0.15) is 0 Å². The summed E-state index contributed by atoms with van der Waals surface area (Å²) in [5.41, 5.74) is 6.33. The number of nitrogens with one attached hydrogen (secondary N) is 1. The van der Waals surface area contributed by atoms with E-state index in [1.165, 1.54) is 12.0 Å². The minimum absolute atomic E-state index is 0.363. The first kappa shape index (κ1) is 27.1. The van der Waals surface area contributed by atoms with E-state index >= 15 is 0 Å². The molecule has 2 aromatic heterocycles. The second-order valence-corrected chi connectivity index (χ2v) is 10.2. The van der Waals surface area contributed by atoms with Gasteiger partial charge in [-0.1, -0.05) is 32.1 Å². The van der Waals surface area contributed by atoms with Crippen molar-refractivity contribution in [1.29, 1.82) is 0 Å². The number of benzene rings is 1. The van der Waals surface area contributed by atoms with Gasteiger partial charge in [0.25, 0.3) is 0 Å². The average molecular weight is 506 g/mol. The smallest absolute Gasteiger partial charge is 0.341 e. The Morgan fingerprint density at radius 1 is 1.17 bits per heavy atom. The molecule has 0 radical (unpaired) electrons. The van der Waals surface area contributed by atoms with Crippen LogP contribution in [0.15, 0.2) is 42.6 Å². The topological polar surface area (TPSA) is 73.3 Å². The Morgan fingerprint density at radius 3 is 2.44 bits per heavy atom. The van der Waals surface area contributed by atoms with Crippen LogP contribution in [-0.2, 0) is 11.2 Å². The largest absolute Gasteiger partial charge is 0.496 e.